The summed E-state index contributed by atoms with van der Waals surface area (Å²) in [6, 6.07) is 9.27. The highest BCUT2D eigenvalue weighted by atomic mass is 16.5. The zero-order valence-corrected chi connectivity index (χ0v) is 11.8. The first kappa shape index (κ1) is 13.6. The second kappa shape index (κ2) is 6.35. The molecular formula is C16H25NO. The van der Waals surface area contributed by atoms with Crippen LogP contribution in [0, 0.1) is 6.92 Å². The fourth-order valence-electron chi connectivity index (χ4n) is 2.87. The molecule has 0 radical (unpaired) electrons. The van der Waals surface area contributed by atoms with Gasteiger partial charge in [0.05, 0.1) is 12.2 Å². The predicted molar refractivity (Wildman–Crippen MR) is 75.9 cm³/mol. The summed E-state index contributed by atoms with van der Waals surface area (Å²) in [5.74, 6) is 0. The highest BCUT2D eigenvalue weighted by Gasteiger charge is 2.23. The largest absolute Gasteiger partial charge is 0.375 e. The van der Waals surface area contributed by atoms with Crippen LogP contribution in [-0.2, 0) is 11.2 Å². The van der Waals surface area contributed by atoms with Crippen LogP contribution in [0.2, 0.25) is 0 Å². The summed E-state index contributed by atoms with van der Waals surface area (Å²) in [7, 11) is 0. The first-order chi connectivity index (χ1) is 8.65. The van der Waals surface area contributed by atoms with Crippen molar-refractivity contribution in [3.63, 3.8) is 0 Å². The minimum absolute atomic E-state index is 0.393. The summed E-state index contributed by atoms with van der Waals surface area (Å²) in [6.45, 7) is 7.60. The lowest BCUT2D eigenvalue weighted by Crippen LogP contribution is -2.42. The fraction of sp³-hybridized carbons (Fsp3) is 0.625. The van der Waals surface area contributed by atoms with E-state index in [2.05, 4.69) is 50.4 Å². The van der Waals surface area contributed by atoms with Gasteiger partial charge in [0.15, 0.2) is 0 Å². The van der Waals surface area contributed by atoms with Gasteiger partial charge in [0.1, 0.15) is 0 Å². The van der Waals surface area contributed by atoms with Gasteiger partial charge in [0.25, 0.3) is 0 Å². The molecule has 0 saturated carbocycles. The Bertz CT molecular complexity index is 367. The van der Waals surface area contributed by atoms with E-state index >= 15 is 0 Å². The van der Waals surface area contributed by atoms with Crippen molar-refractivity contribution in [1.29, 1.82) is 0 Å². The zero-order valence-electron chi connectivity index (χ0n) is 11.8. The number of ether oxygens (including phenoxy) is 1. The second-order valence-corrected chi connectivity index (χ2v) is 5.56. The average molecular weight is 247 g/mol. The molecular weight excluding hydrogens is 222 g/mol. The minimum Gasteiger partial charge on any atom is -0.375 e. The molecule has 1 N–H and O–H groups in total. The number of aryl methyl sites for hydroxylation is 1. The molecule has 2 rings (SSSR count). The van der Waals surface area contributed by atoms with Crippen LogP contribution < -0.4 is 5.32 Å². The summed E-state index contributed by atoms with van der Waals surface area (Å²) in [6.07, 6.45) is 4.18. The van der Waals surface area contributed by atoms with E-state index in [-0.39, 0.29) is 0 Å². The van der Waals surface area contributed by atoms with E-state index in [1.165, 1.54) is 11.1 Å². The van der Waals surface area contributed by atoms with E-state index in [0.29, 0.717) is 18.2 Å². The molecule has 0 bridgehead atoms. The van der Waals surface area contributed by atoms with Gasteiger partial charge in [-0.25, -0.2) is 0 Å². The third-order valence-electron chi connectivity index (χ3n) is 3.79. The third-order valence-corrected chi connectivity index (χ3v) is 3.79. The Hall–Kier alpha value is -0.860. The van der Waals surface area contributed by atoms with E-state index < -0.39 is 0 Å². The quantitative estimate of drug-likeness (QED) is 0.883. The Kier molecular flexibility index (Phi) is 4.79. The normalized spacial score (nSPS) is 28.3. The van der Waals surface area contributed by atoms with Crippen molar-refractivity contribution in [1.82, 2.24) is 5.32 Å². The zero-order chi connectivity index (χ0) is 13.0. The number of rotatable bonds is 4. The van der Waals surface area contributed by atoms with Crippen LogP contribution in [-0.4, -0.2) is 24.8 Å². The van der Waals surface area contributed by atoms with Gasteiger partial charge < -0.3 is 10.1 Å². The summed E-state index contributed by atoms with van der Waals surface area (Å²) < 4.78 is 5.76. The van der Waals surface area contributed by atoms with Crippen molar-refractivity contribution >= 4 is 0 Å². The summed E-state index contributed by atoms with van der Waals surface area (Å²) in [5.41, 5.74) is 2.85. The molecule has 2 nitrogen and oxygen atoms in total. The Morgan fingerprint density at radius 3 is 2.50 bits per heavy atom. The molecule has 1 aromatic rings. The smallest absolute Gasteiger partial charge is 0.0565 e. The summed E-state index contributed by atoms with van der Waals surface area (Å²) in [5, 5.41) is 3.68. The lowest BCUT2D eigenvalue weighted by molar-refractivity contribution is -0.0419. The average Bonchev–Trinajstić information content (AvgIpc) is 2.30. The molecule has 1 aliphatic heterocycles. The maximum atomic E-state index is 5.76. The Morgan fingerprint density at radius 1 is 1.17 bits per heavy atom. The van der Waals surface area contributed by atoms with Crippen LogP contribution in [0.4, 0.5) is 0 Å². The highest BCUT2D eigenvalue weighted by Crippen LogP contribution is 2.19. The molecule has 100 valence electrons. The molecule has 2 atom stereocenters. The monoisotopic (exact) mass is 247 g/mol. The maximum absolute atomic E-state index is 5.76. The SMILES string of the molecule is Cc1ccccc1CCNC1CC(C)OC(C)C1. The Labute approximate surface area is 111 Å². The van der Waals surface area contributed by atoms with Crippen LogP contribution in [0.5, 0.6) is 0 Å². The molecule has 0 spiro atoms. The van der Waals surface area contributed by atoms with Crippen molar-refractivity contribution in [3.8, 4) is 0 Å². The number of hydrogen-bond acceptors (Lipinski definition) is 2. The van der Waals surface area contributed by atoms with Gasteiger partial charge in [0, 0.05) is 6.04 Å². The van der Waals surface area contributed by atoms with Crippen molar-refractivity contribution < 1.29 is 4.74 Å². The number of nitrogens with one attached hydrogen (secondary N) is 1. The van der Waals surface area contributed by atoms with Crippen LogP contribution in [0.15, 0.2) is 24.3 Å². The van der Waals surface area contributed by atoms with E-state index in [1.807, 2.05) is 0 Å². The van der Waals surface area contributed by atoms with Crippen molar-refractivity contribution in [2.24, 2.45) is 0 Å². The molecule has 1 saturated heterocycles. The number of hydrogen-bond donors (Lipinski definition) is 1. The Morgan fingerprint density at radius 2 is 1.83 bits per heavy atom. The van der Waals surface area contributed by atoms with E-state index in [1.54, 1.807) is 0 Å². The molecule has 2 unspecified atom stereocenters. The third kappa shape index (κ3) is 3.82. The topological polar surface area (TPSA) is 21.3 Å². The second-order valence-electron chi connectivity index (χ2n) is 5.56. The number of benzene rings is 1. The summed E-state index contributed by atoms with van der Waals surface area (Å²) >= 11 is 0. The van der Waals surface area contributed by atoms with Crippen molar-refractivity contribution in [3.05, 3.63) is 35.4 Å². The molecule has 0 aliphatic carbocycles. The molecule has 2 heteroatoms. The molecule has 1 aliphatic rings. The van der Waals surface area contributed by atoms with E-state index in [0.717, 1.165) is 25.8 Å². The van der Waals surface area contributed by atoms with Crippen molar-refractivity contribution in [2.45, 2.75) is 58.3 Å². The van der Waals surface area contributed by atoms with Gasteiger partial charge in [-0.3, -0.25) is 0 Å². The van der Waals surface area contributed by atoms with Crippen LogP contribution in [0.3, 0.4) is 0 Å². The molecule has 1 aromatic carbocycles. The van der Waals surface area contributed by atoms with E-state index in [4.69, 9.17) is 4.74 Å². The Balaban J connectivity index is 1.77. The maximum Gasteiger partial charge on any atom is 0.0565 e. The predicted octanol–water partition coefficient (Wildman–Crippen LogP) is 3.08. The minimum atomic E-state index is 0.393. The lowest BCUT2D eigenvalue weighted by Gasteiger charge is -2.32. The first-order valence-corrected chi connectivity index (χ1v) is 7.08. The van der Waals surface area contributed by atoms with Gasteiger partial charge >= 0.3 is 0 Å². The molecule has 0 aromatic heterocycles. The van der Waals surface area contributed by atoms with Crippen LogP contribution in [0.25, 0.3) is 0 Å². The van der Waals surface area contributed by atoms with Gasteiger partial charge in [0.2, 0.25) is 0 Å². The highest BCUT2D eigenvalue weighted by molar-refractivity contribution is 5.25. The fourth-order valence-corrected chi connectivity index (χ4v) is 2.87. The van der Waals surface area contributed by atoms with Gasteiger partial charge in [-0.05, 0) is 57.7 Å². The molecule has 1 heterocycles. The molecule has 18 heavy (non-hydrogen) atoms. The first-order valence-electron chi connectivity index (χ1n) is 7.08. The summed E-state index contributed by atoms with van der Waals surface area (Å²) in [4.78, 5) is 0. The standard InChI is InChI=1S/C16H25NO/c1-12-6-4-5-7-15(12)8-9-17-16-10-13(2)18-14(3)11-16/h4-7,13-14,16-17H,8-11H2,1-3H3. The lowest BCUT2D eigenvalue weighted by atomic mass is 9.99. The van der Waals surface area contributed by atoms with E-state index in [9.17, 15) is 0 Å². The van der Waals surface area contributed by atoms with Gasteiger partial charge in [-0.2, -0.15) is 0 Å². The van der Waals surface area contributed by atoms with Crippen molar-refractivity contribution in [2.75, 3.05) is 6.54 Å². The molecule has 0 amide bonds. The molecule has 1 fully saturated rings. The van der Waals surface area contributed by atoms with Crippen LogP contribution >= 0.6 is 0 Å². The van der Waals surface area contributed by atoms with Crippen LogP contribution in [0.1, 0.15) is 37.8 Å². The van der Waals surface area contributed by atoms with Gasteiger partial charge in [-0.1, -0.05) is 24.3 Å². The van der Waals surface area contributed by atoms with Gasteiger partial charge in [-0.15, -0.1) is 0 Å².